The maximum Gasteiger partial charge on any atom is 0.306 e. The number of carboxylic acid groups (broad SMARTS) is 1. The number of carbonyl (C=O) groups is 1. The molecule has 0 heterocycles. The van der Waals surface area contributed by atoms with E-state index in [1.165, 1.54) is 32.1 Å². The summed E-state index contributed by atoms with van der Waals surface area (Å²) in [6, 6.07) is 0. The molecule has 0 atom stereocenters. The van der Waals surface area contributed by atoms with E-state index in [2.05, 4.69) is 0 Å². The lowest BCUT2D eigenvalue weighted by Crippen LogP contribution is -2.14. The van der Waals surface area contributed by atoms with Crippen LogP contribution in [0.3, 0.4) is 0 Å². The Kier molecular flexibility index (Phi) is 4.87. The quantitative estimate of drug-likeness (QED) is 0.679. The Morgan fingerprint density at radius 1 is 0.846 bits per heavy atom. The summed E-state index contributed by atoms with van der Waals surface area (Å²) in [5.41, 5.74) is 0. The van der Waals surface area contributed by atoms with E-state index < -0.39 is 5.97 Å². The van der Waals surface area contributed by atoms with E-state index in [0.717, 1.165) is 25.7 Å². The third kappa shape index (κ3) is 4.30. The lowest BCUT2D eigenvalue weighted by atomic mass is 9.92. The van der Waals surface area contributed by atoms with Gasteiger partial charge in [-0.15, -0.1) is 0 Å². The van der Waals surface area contributed by atoms with Gasteiger partial charge < -0.3 is 5.11 Å². The first-order valence-electron chi connectivity index (χ1n) is 5.53. The van der Waals surface area contributed by atoms with E-state index >= 15 is 0 Å². The first-order chi connectivity index (χ1) is 6.30. The molecule has 0 bridgehead atoms. The average molecular weight is 184 g/mol. The molecule has 0 radical (unpaired) electrons. The molecule has 0 aromatic carbocycles. The van der Waals surface area contributed by atoms with Crippen LogP contribution < -0.4 is 0 Å². The normalized spacial score (nSPS) is 22.5. The zero-order chi connectivity index (χ0) is 9.52. The summed E-state index contributed by atoms with van der Waals surface area (Å²) in [4.78, 5) is 10.8. The van der Waals surface area contributed by atoms with Gasteiger partial charge in [0.2, 0.25) is 0 Å². The van der Waals surface area contributed by atoms with Crippen LogP contribution in [-0.2, 0) is 4.79 Å². The minimum atomic E-state index is -0.583. The van der Waals surface area contributed by atoms with Crippen LogP contribution in [0.4, 0.5) is 0 Å². The van der Waals surface area contributed by atoms with E-state index in [1.807, 2.05) is 0 Å². The fraction of sp³-hybridized carbons (Fsp3) is 0.909. The molecule has 1 aliphatic rings. The molecule has 2 nitrogen and oxygen atoms in total. The molecule has 1 N–H and O–H groups in total. The fourth-order valence-corrected chi connectivity index (χ4v) is 2.06. The van der Waals surface area contributed by atoms with Crippen molar-refractivity contribution in [3.05, 3.63) is 0 Å². The van der Waals surface area contributed by atoms with Crippen LogP contribution in [0.5, 0.6) is 0 Å². The highest BCUT2D eigenvalue weighted by Crippen LogP contribution is 2.21. The smallest absolute Gasteiger partial charge is 0.306 e. The molecule has 13 heavy (non-hydrogen) atoms. The minimum Gasteiger partial charge on any atom is -0.481 e. The maximum atomic E-state index is 10.8. The van der Waals surface area contributed by atoms with E-state index in [-0.39, 0.29) is 5.92 Å². The molecule has 0 unspecified atom stereocenters. The molecule has 76 valence electrons. The van der Waals surface area contributed by atoms with Gasteiger partial charge in [-0.3, -0.25) is 4.79 Å². The fourth-order valence-electron chi connectivity index (χ4n) is 2.06. The lowest BCUT2D eigenvalue weighted by molar-refractivity contribution is -0.142. The third-order valence-electron chi connectivity index (χ3n) is 2.95. The summed E-state index contributed by atoms with van der Waals surface area (Å²) in [6.45, 7) is 0. The molecule has 1 aliphatic carbocycles. The minimum absolute atomic E-state index is 0.0573. The number of rotatable bonds is 1. The van der Waals surface area contributed by atoms with E-state index in [0.29, 0.717) is 0 Å². The van der Waals surface area contributed by atoms with Crippen molar-refractivity contribution < 1.29 is 9.90 Å². The second-order valence-corrected chi connectivity index (χ2v) is 4.09. The molecule has 0 saturated heterocycles. The highest BCUT2D eigenvalue weighted by Gasteiger charge is 2.16. The molecule has 1 fully saturated rings. The van der Waals surface area contributed by atoms with Crippen molar-refractivity contribution in [2.75, 3.05) is 0 Å². The standard InChI is InChI=1S/C11H20O2/c12-11(13)10-8-6-4-2-1-3-5-7-9-10/h10H,1-9H2,(H,12,13). The van der Waals surface area contributed by atoms with Crippen LogP contribution in [0.2, 0.25) is 0 Å². The Morgan fingerprint density at radius 3 is 1.62 bits per heavy atom. The lowest BCUT2D eigenvalue weighted by Gasteiger charge is -2.13. The SMILES string of the molecule is O=C(O)C1CCCCCCCCC1. The third-order valence-corrected chi connectivity index (χ3v) is 2.95. The van der Waals surface area contributed by atoms with Crippen molar-refractivity contribution in [2.24, 2.45) is 5.92 Å². The van der Waals surface area contributed by atoms with Crippen molar-refractivity contribution in [3.8, 4) is 0 Å². The van der Waals surface area contributed by atoms with Gasteiger partial charge in [-0.05, 0) is 12.8 Å². The molecule has 0 aliphatic heterocycles. The van der Waals surface area contributed by atoms with Crippen molar-refractivity contribution in [2.45, 2.75) is 57.8 Å². The molecular weight excluding hydrogens is 164 g/mol. The molecule has 0 aromatic rings. The summed E-state index contributed by atoms with van der Waals surface area (Å²) in [5, 5.41) is 8.92. The maximum absolute atomic E-state index is 10.8. The second-order valence-electron chi connectivity index (χ2n) is 4.09. The van der Waals surface area contributed by atoms with Gasteiger partial charge in [-0.25, -0.2) is 0 Å². The van der Waals surface area contributed by atoms with Crippen LogP contribution in [0.1, 0.15) is 57.8 Å². The summed E-state index contributed by atoms with van der Waals surface area (Å²) in [6.07, 6.45) is 10.4. The van der Waals surface area contributed by atoms with Crippen molar-refractivity contribution in [1.82, 2.24) is 0 Å². The van der Waals surface area contributed by atoms with Gasteiger partial charge in [0.25, 0.3) is 0 Å². The molecule has 1 rings (SSSR count). The zero-order valence-electron chi connectivity index (χ0n) is 8.30. The first kappa shape index (κ1) is 10.6. The van der Waals surface area contributed by atoms with Gasteiger partial charge in [0, 0.05) is 0 Å². The summed E-state index contributed by atoms with van der Waals surface area (Å²) >= 11 is 0. The Balaban J connectivity index is 2.30. The monoisotopic (exact) mass is 184 g/mol. The van der Waals surface area contributed by atoms with Gasteiger partial charge in [-0.2, -0.15) is 0 Å². The molecule has 0 spiro atoms. The Hall–Kier alpha value is -0.530. The zero-order valence-corrected chi connectivity index (χ0v) is 8.30. The van der Waals surface area contributed by atoms with E-state index in [1.54, 1.807) is 0 Å². The van der Waals surface area contributed by atoms with Crippen LogP contribution in [0.25, 0.3) is 0 Å². The van der Waals surface area contributed by atoms with E-state index in [9.17, 15) is 4.79 Å². The highest BCUT2D eigenvalue weighted by molar-refractivity contribution is 5.69. The van der Waals surface area contributed by atoms with Gasteiger partial charge in [0.1, 0.15) is 0 Å². The van der Waals surface area contributed by atoms with Gasteiger partial charge in [0.15, 0.2) is 0 Å². The first-order valence-corrected chi connectivity index (χ1v) is 5.53. The largest absolute Gasteiger partial charge is 0.481 e. The molecular formula is C11H20O2. The van der Waals surface area contributed by atoms with Gasteiger partial charge >= 0.3 is 5.97 Å². The molecule has 0 amide bonds. The van der Waals surface area contributed by atoms with Crippen molar-refractivity contribution >= 4 is 5.97 Å². The topological polar surface area (TPSA) is 37.3 Å². The Morgan fingerprint density at radius 2 is 1.23 bits per heavy atom. The summed E-state index contributed by atoms with van der Waals surface area (Å²) in [7, 11) is 0. The van der Waals surface area contributed by atoms with Crippen LogP contribution in [0, 0.1) is 5.92 Å². The number of hydrogen-bond acceptors (Lipinski definition) is 1. The Labute approximate surface area is 80.3 Å². The summed E-state index contributed by atoms with van der Waals surface area (Å²) in [5.74, 6) is -0.640. The van der Waals surface area contributed by atoms with Gasteiger partial charge in [0.05, 0.1) is 5.92 Å². The number of hydrogen-bond donors (Lipinski definition) is 1. The summed E-state index contributed by atoms with van der Waals surface area (Å²) < 4.78 is 0. The van der Waals surface area contributed by atoms with Crippen molar-refractivity contribution in [3.63, 3.8) is 0 Å². The molecule has 0 aromatic heterocycles. The average Bonchev–Trinajstić information content (AvgIpc) is 2.14. The number of aliphatic carboxylic acids is 1. The second kappa shape index (κ2) is 6.01. The highest BCUT2D eigenvalue weighted by atomic mass is 16.4. The number of carboxylic acids is 1. The van der Waals surface area contributed by atoms with Crippen LogP contribution in [-0.4, -0.2) is 11.1 Å². The van der Waals surface area contributed by atoms with Crippen LogP contribution in [0.15, 0.2) is 0 Å². The Bertz CT molecular complexity index is 144. The predicted molar refractivity (Wildman–Crippen MR) is 52.7 cm³/mol. The van der Waals surface area contributed by atoms with E-state index in [4.69, 9.17) is 5.11 Å². The molecule has 1 saturated carbocycles. The van der Waals surface area contributed by atoms with Crippen LogP contribution >= 0.6 is 0 Å². The molecule has 2 heteroatoms. The predicted octanol–water partition coefficient (Wildman–Crippen LogP) is 3.21. The van der Waals surface area contributed by atoms with Crippen molar-refractivity contribution in [1.29, 1.82) is 0 Å². The van der Waals surface area contributed by atoms with Gasteiger partial charge in [-0.1, -0.05) is 44.9 Å².